The van der Waals surface area contributed by atoms with Crippen LogP contribution >= 0.6 is 0 Å². The Morgan fingerprint density at radius 1 is 1.69 bits per heavy atom. The van der Waals surface area contributed by atoms with Gasteiger partial charge in [0.15, 0.2) is 5.78 Å². The third-order valence-electron chi connectivity index (χ3n) is 2.46. The lowest BCUT2D eigenvalue weighted by molar-refractivity contribution is -0.115. The van der Waals surface area contributed by atoms with E-state index in [0.717, 1.165) is 12.8 Å². The molecule has 0 aromatic carbocycles. The van der Waals surface area contributed by atoms with Crippen molar-refractivity contribution in [3.8, 4) is 0 Å². The first kappa shape index (κ1) is 10.0. The number of hydrogen-bond acceptors (Lipinski definition) is 1. The van der Waals surface area contributed by atoms with Crippen molar-refractivity contribution in [1.29, 1.82) is 0 Å². The zero-order chi connectivity index (χ0) is 9.68. The lowest BCUT2D eigenvalue weighted by Crippen LogP contribution is -2.11. The molecule has 0 aromatic rings. The SMILES string of the molecule is CC=C=CCC1CCC(=O)C=C1C. The van der Waals surface area contributed by atoms with Gasteiger partial charge in [0.2, 0.25) is 0 Å². The number of carbonyl (C=O) groups excluding carboxylic acids is 1. The Kier molecular flexibility index (Phi) is 3.72. The fourth-order valence-corrected chi connectivity index (χ4v) is 1.62. The Balaban J connectivity index is 2.57. The summed E-state index contributed by atoms with van der Waals surface area (Å²) in [6.07, 6.45) is 8.48. The quantitative estimate of drug-likeness (QED) is 0.591. The monoisotopic (exact) mass is 176 g/mol. The molecule has 1 heteroatoms. The summed E-state index contributed by atoms with van der Waals surface area (Å²) in [6, 6.07) is 0. The van der Waals surface area contributed by atoms with E-state index in [9.17, 15) is 4.79 Å². The van der Waals surface area contributed by atoms with E-state index in [2.05, 4.69) is 11.8 Å². The van der Waals surface area contributed by atoms with Gasteiger partial charge in [0.25, 0.3) is 0 Å². The molecular formula is C12H16O. The van der Waals surface area contributed by atoms with Crippen LogP contribution in [0.25, 0.3) is 0 Å². The normalized spacial score (nSPS) is 21.8. The van der Waals surface area contributed by atoms with Crippen LogP contribution in [0.1, 0.15) is 33.1 Å². The van der Waals surface area contributed by atoms with E-state index >= 15 is 0 Å². The second kappa shape index (κ2) is 4.84. The van der Waals surface area contributed by atoms with E-state index in [-0.39, 0.29) is 5.78 Å². The predicted molar refractivity (Wildman–Crippen MR) is 54.4 cm³/mol. The molecule has 1 aliphatic carbocycles. The molecule has 13 heavy (non-hydrogen) atoms. The summed E-state index contributed by atoms with van der Waals surface area (Å²) in [5, 5.41) is 0. The fourth-order valence-electron chi connectivity index (χ4n) is 1.62. The summed E-state index contributed by atoms with van der Waals surface area (Å²) in [6.45, 7) is 4.01. The second-order valence-corrected chi connectivity index (χ2v) is 3.49. The highest BCUT2D eigenvalue weighted by atomic mass is 16.1. The van der Waals surface area contributed by atoms with Gasteiger partial charge < -0.3 is 0 Å². The molecule has 0 heterocycles. The lowest BCUT2D eigenvalue weighted by atomic mass is 9.86. The van der Waals surface area contributed by atoms with Gasteiger partial charge in [-0.1, -0.05) is 5.57 Å². The van der Waals surface area contributed by atoms with Crippen molar-refractivity contribution in [1.82, 2.24) is 0 Å². The largest absolute Gasteiger partial charge is 0.295 e. The van der Waals surface area contributed by atoms with Crippen LogP contribution in [0.15, 0.2) is 29.5 Å². The first-order valence-corrected chi connectivity index (χ1v) is 4.80. The lowest BCUT2D eigenvalue weighted by Gasteiger charge is -2.18. The molecule has 0 fully saturated rings. The third kappa shape index (κ3) is 3.04. The maximum absolute atomic E-state index is 11.0. The Bertz CT molecular complexity index is 277. The molecule has 0 saturated heterocycles. The molecule has 1 nitrogen and oxygen atoms in total. The minimum Gasteiger partial charge on any atom is -0.295 e. The predicted octanol–water partition coefficient (Wildman–Crippen LogP) is 3.03. The van der Waals surface area contributed by atoms with Gasteiger partial charge >= 0.3 is 0 Å². The van der Waals surface area contributed by atoms with Gasteiger partial charge in [-0.15, -0.1) is 5.73 Å². The maximum Gasteiger partial charge on any atom is 0.155 e. The van der Waals surface area contributed by atoms with Crippen molar-refractivity contribution >= 4 is 5.78 Å². The van der Waals surface area contributed by atoms with Crippen LogP contribution in [0.5, 0.6) is 0 Å². The number of rotatable bonds is 2. The summed E-state index contributed by atoms with van der Waals surface area (Å²) >= 11 is 0. The molecule has 1 rings (SSSR count). The molecule has 1 aliphatic rings. The van der Waals surface area contributed by atoms with E-state index in [1.54, 1.807) is 6.08 Å². The standard InChI is InChI=1S/C12H16O/c1-3-4-5-6-11-7-8-12(13)9-10(11)2/h3,5,9,11H,6-8H2,1-2H3. The van der Waals surface area contributed by atoms with E-state index in [1.807, 2.05) is 19.9 Å². The highest BCUT2D eigenvalue weighted by molar-refractivity contribution is 5.91. The highest BCUT2D eigenvalue weighted by Gasteiger charge is 2.16. The topological polar surface area (TPSA) is 17.1 Å². The van der Waals surface area contributed by atoms with Crippen molar-refractivity contribution in [3.63, 3.8) is 0 Å². The Labute approximate surface area is 79.8 Å². The van der Waals surface area contributed by atoms with Crippen LogP contribution < -0.4 is 0 Å². The molecular weight excluding hydrogens is 160 g/mol. The van der Waals surface area contributed by atoms with E-state index < -0.39 is 0 Å². The Morgan fingerprint density at radius 3 is 3.08 bits per heavy atom. The van der Waals surface area contributed by atoms with E-state index in [4.69, 9.17) is 0 Å². The summed E-state index contributed by atoms with van der Waals surface area (Å²) < 4.78 is 0. The molecule has 70 valence electrons. The molecule has 0 spiro atoms. The molecule has 0 saturated carbocycles. The van der Waals surface area contributed by atoms with Crippen molar-refractivity contribution in [2.45, 2.75) is 33.1 Å². The molecule has 0 amide bonds. The van der Waals surface area contributed by atoms with Gasteiger partial charge in [0, 0.05) is 6.42 Å². The van der Waals surface area contributed by atoms with Gasteiger partial charge in [-0.25, -0.2) is 0 Å². The Morgan fingerprint density at radius 2 is 2.46 bits per heavy atom. The smallest absolute Gasteiger partial charge is 0.155 e. The van der Waals surface area contributed by atoms with Crippen molar-refractivity contribution in [2.75, 3.05) is 0 Å². The first-order valence-electron chi connectivity index (χ1n) is 4.80. The van der Waals surface area contributed by atoms with Crippen LogP contribution in [0.4, 0.5) is 0 Å². The average molecular weight is 176 g/mol. The summed E-state index contributed by atoms with van der Waals surface area (Å²) in [5.41, 5.74) is 4.29. The van der Waals surface area contributed by atoms with Gasteiger partial charge in [-0.2, -0.15) is 0 Å². The van der Waals surface area contributed by atoms with E-state index in [1.165, 1.54) is 5.57 Å². The number of hydrogen-bond donors (Lipinski definition) is 0. The minimum absolute atomic E-state index is 0.281. The number of carbonyl (C=O) groups is 1. The van der Waals surface area contributed by atoms with Crippen molar-refractivity contribution < 1.29 is 4.79 Å². The number of ketones is 1. The van der Waals surface area contributed by atoms with Gasteiger partial charge in [0.05, 0.1) is 0 Å². The van der Waals surface area contributed by atoms with E-state index in [0.29, 0.717) is 12.3 Å². The van der Waals surface area contributed by atoms with Gasteiger partial charge in [-0.3, -0.25) is 4.79 Å². The fraction of sp³-hybridized carbons (Fsp3) is 0.500. The van der Waals surface area contributed by atoms with Crippen LogP contribution in [0, 0.1) is 5.92 Å². The molecule has 0 aromatic heterocycles. The van der Waals surface area contributed by atoms with Crippen LogP contribution in [0.2, 0.25) is 0 Å². The molecule has 0 aliphatic heterocycles. The molecule has 1 unspecified atom stereocenters. The molecule has 0 bridgehead atoms. The zero-order valence-electron chi connectivity index (χ0n) is 8.34. The van der Waals surface area contributed by atoms with Gasteiger partial charge in [-0.05, 0) is 50.8 Å². The van der Waals surface area contributed by atoms with Gasteiger partial charge in [0.1, 0.15) is 0 Å². The highest BCUT2D eigenvalue weighted by Crippen LogP contribution is 2.25. The van der Waals surface area contributed by atoms with Crippen LogP contribution in [0.3, 0.4) is 0 Å². The Hall–Kier alpha value is -1.07. The molecule has 0 N–H and O–H groups in total. The van der Waals surface area contributed by atoms with Crippen molar-refractivity contribution in [2.24, 2.45) is 5.92 Å². The minimum atomic E-state index is 0.281. The third-order valence-corrected chi connectivity index (χ3v) is 2.46. The maximum atomic E-state index is 11.0. The second-order valence-electron chi connectivity index (χ2n) is 3.49. The zero-order valence-corrected chi connectivity index (χ0v) is 8.34. The van der Waals surface area contributed by atoms with Crippen molar-refractivity contribution in [3.05, 3.63) is 29.5 Å². The number of allylic oxidation sites excluding steroid dienone is 3. The van der Waals surface area contributed by atoms with Crippen LogP contribution in [-0.2, 0) is 4.79 Å². The average Bonchev–Trinajstić information content (AvgIpc) is 2.09. The summed E-state index contributed by atoms with van der Waals surface area (Å²) in [4.78, 5) is 11.0. The molecule has 1 atom stereocenters. The van der Waals surface area contributed by atoms with Crippen LogP contribution in [-0.4, -0.2) is 5.78 Å². The summed E-state index contributed by atoms with van der Waals surface area (Å²) in [5.74, 6) is 0.842. The summed E-state index contributed by atoms with van der Waals surface area (Å²) in [7, 11) is 0. The first-order chi connectivity index (χ1) is 6.24. The molecule has 0 radical (unpaired) electrons.